The number of para-hydroxylation sites is 2. The molecule has 0 fully saturated rings. The van der Waals surface area contributed by atoms with Crippen molar-refractivity contribution in [2.45, 2.75) is 6.61 Å². The standard InChI is InChI=1S/C25H20BrN3O2/c1-29-22-6-4-3-5-21(22)28-25(29)19(15-27)13-18-9-12-23(24(14-18)30-2)31-16-17-7-10-20(26)11-8-17/h3-14H,16H2,1-2H3/b19-13+. The van der Waals surface area contributed by atoms with Crippen LogP contribution in [0.15, 0.2) is 71.2 Å². The Kier molecular flexibility index (Phi) is 6.06. The van der Waals surface area contributed by atoms with Gasteiger partial charge in [-0.15, -0.1) is 0 Å². The van der Waals surface area contributed by atoms with Crippen molar-refractivity contribution in [3.63, 3.8) is 0 Å². The summed E-state index contributed by atoms with van der Waals surface area (Å²) in [4.78, 5) is 4.62. The number of ether oxygens (including phenoxy) is 2. The van der Waals surface area contributed by atoms with Gasteiger partial charge in [0.2, 0.25) is 0 Å². The quantitative estimate of drug-likeness (QED) is 0.322. The molecule has 4 aromatic rings. The van der Waals surface area contributed by atoms with Gasteiger partial charge in [0.05, 0.1) is 23.7 Å². The van der Waals surface area contributed by atoms with Crippen LogP contribution < -0.4 is 9.47 Å². The van der Waals surface area contributed by atoms with Crippen LogP contribution in [0.25, 0.3) is 22.7 Å². The molecule has 6 heteroatoms. The molecule has 5 nitrogen and oxygen atoms in total. The van der Waals surface area contributed by atoms with E-state index in [2.05, 4.69) is 27.0 Å². The van der Waals surface area contributed by atoms with Crippen molar-refractivity contribution in [3.05, 3.63) is 88.2 Å². The van der Waals surface area contributed by atoms with Gasteiger partial charge in [-0.2, -0.15) is 5.26 Å². The number of rotatable bonds is 6. The maximum Gasteiger partial charge on any atom is 0.161 e. The van der Waals surface area contributed by atoms with Gasteiger partial charge in [0, 0.05) is 11.5 Å². The summed E-state index contributed by atoms with van der Waals surface area (Å²) in [7, 11) is 3.52. The van der Waals surface area contributed by atoms with E-state index in [1.165, 1.54) is 0 Å². The molecule has 0 aliphatic carbocycles. The molecule has 1 heterocycles. The number of hydrogen-bond acceptors (Lipinski definition) is 4. The summed E-state index contributed by atoms with van der Waals surface area (Å²) in [6.45, 7) is 0.433. The number of aryl methyl sites for hydroxylation is 1. The Morgan fingerprint density at radius 3 is 2.58 bits per heavy atom. The predicted molar refractivity (Wildman–Crippen MR) is 126 cm³/mol. The first-order valence-electron chi connectivity index (χ1n) is 9.68. The zero-order valence-electron chi connectivity index (χ0n) is 17.2. The van der Waals surface area contributed by atoms with Gasteiger partial charge in [-0.3, -0.25) is 0 Å². The van der Waals surface area contributed by atoms with Crippen LogP contribution in [-0.4, -0.2) is 16.7 Å². The number of aromatic nitrogens is 2. The van der Waals surface area contributed by atoms with Crippen molar-refractivity contribution in [1.29, 1.82) is 5.26 Å². The average molecular weight is 474 g/mol. The molecule has 31 heavy (non-hydrogen) atoms. The first-order chi connectivity index (χ1) is 15.1. The minimum atomic E-state index is 0.433. The van der Waals surface area contributed by atoms with Crippen molar-refractivity contribution >= 4 is 38.6 Å². The second-order valence-corrected chi connectivity index (χ2v) is 7.89. The highest BCUT2D eigenvalue weighted by atomic mass is 79.9. The third-order valence-electron chi connectivity index (χ3n) is 4.95. The molecule has 0 saturated heterocycles. The molecule has 0 atom stereocenters. The number of allylic oxidation sites excluding steroid dienone is 1. The summed E-state index contributed by atoms with van der Waals surface area (Å²) in [5.41, 5.74) is 4.20. The lowest BCUT2D eigenvalue weighted by Gasteiger charge is -2.12. The fourth-order valence-corrected chi connectivity index (χ4v) is 3.60. The molecule has 0 N–H and O–H groups in total. The molecule has 1 aromatic heterocycles. The van der Waals surface area contributed by atoms with Gasteiger partial charge < -0.3 is 14.0 Å². The van der Waals surface area contributed by atoms with E-state index < -0.39 is 0 Å². The first-order valence-corrected chi connectivity index (χ1v) is 10.5. The summed E-state index contributed by atoms with van der Waals surface area (Å²) in [5.74, 6) is 1.87. The van der Waals surface area contributed by atoms with Gasteiger partial charge in [0.15, 0.2) is 17.3 Å². The van der Waals surface area contributed by atoms with E-state index in [1.54, 1.807) is 7.11 Å². The molecule has 0 bridgehead atoms. The molecule has 154 valence electrons. The molecular weight excluding hydrogens is 454 g/mol. The second kappa shape index (κ2) is 9.07. The SMILES string of the molecule is COc1cc(/C=C(\C#N)c2nc3ccccc3n2C)ccc1OCc1ccc(Br)cc1. The van der Waals surface area contributed by atoms with Crippen molar-refractivity contribution in [2.75, 3.05) is 7.11 Å². The Labute approximate surface area is 189 Å². The predicted octanol–water partition coefficient (Wildman–Crippen LogP) is 5.99. The smallest absolute Gasteiger partial charge is 0.161 e. The zero-order chi connectivity index (χ0) is 21.8. The highest BCUT2D eigenvalue weighted by Crippen LogP contribution is 2.31. The minimum Gasteiger partial charge on any atom is -0.493 e. The number of halogens is 1. The molecule has 0 saturated carbocycles. The lowest BCUT2D eigenvalue weighted by Crippen LogP contribution is -1.98. The fourth-order valence-electron chi connectivity index (χ4n) is 3.33. The van der Waals surface area contributed by atoms with Crippen LogP contribution >= 0.6 is 15.9 Å². The number of methoxy groups -OCH3 is 1. The lowest BCUT2D eigenvalue weighted by molar-refractivity contribution is 0.284. The Morgan fingerprint density at radius 2 is 1.87 bits per heavy atom. The van der Waals surface area contributed by atoms with E-state index in [0.717, 1.165) is 26.6 Å². The lowest BCUT2D eigenvalue weighted by atomic mass is 10.1. The summed E-state index contributed by atoms with van der Waals surface area (Å²) in [5, 5.41) is 9.77. The minimum absolute atomic E-state index is 0.433. The number of hydrogen-bond donors (Lipinski definition) is 0. The third kappa shape index (κ3) is 4.47. The van der Waals surface area contributed by atoms with Crippen LogP contribution in [0.3, 0.4) is 0 Å². The van der Waals surface area contributed by atoms with Crippen LogP contribution in [-0.2, 0) is 13.7 Å². The van der Waals surface area contributed by atoms with Gasteiger partial charge in [-0.05, 0) is 53.6 Å². The van der Waals surface area contributed by atoms with Crippen LogP contribution in [0.2, 0.25) is 0 Å². The number of imidazole rings is 1. The number of nitrogens with zero attached hydrogens (tertiary/aromatic N) is 3. The van der Waals surface area contributed by atoms with Gasteiger partial charge in [-0.25, -0.2) is 4.98 Å². The highest BCUT2D eigenvalue weighted by molar-refractivity contribution is 9.10. The molecule has 0 aliphatic rings. The van der Waals surface area contributed by atoms with Crippen molar-refractivity contribution in [1.82, 2.24) is 9.55 Å². The Balaban J connectivity index is 1.61. The van der Waals surface area contributed by atoms with Crippen molar-refractivity contribution in [3.8, 4) is 17.6 Å². The summed E-state index contributed by atoms with van der Waals surface area (Å²) < 4.78 is 14.4. The summed E-state index contributed by atoms with van der Waals surface area (Å²) >= 11 is 3.43. The van der Waals surface area contributed by atoms with E-state index in [1.807, 2.05) is 84.4 Å². The molecule has 3 aromatic carbocycles. The van der Waals surface area contributed by atoms with E-state index in [9.17, 15) is 5.26 Å². The molecule has 0 aliphatic heterocycles. The largest absolute Gasteiger partial charge is 0.493 e. The van der Waals surface area contributed by atoms with Crippen LogP contribution in [0.1, 0.15) is 17.0 Å². The summed E-state index contributed by atoms with van der Waals surface area (Å²) in [6, 6.07) is 23.7. The molecule has 0 amide bonds. The average Bonchev–Trinajstić information content (AvgIpc) is 3.14. The number of nitriles is 1. The molecule has 0 spiro atoms. The van der Waals surface area contributed by atoms with E-state index >= 15 is 0 Å². The Morgan fingerprint density at radius 1 is 1.10 bits per heavy atom. The van der Waals surface area contributed by atoms with E-state index in [0.29, 0.717) is 29.5 Å². The second-order valence-electron chi connectivity index (χ2n) is 6.98. The Bertz CT molecular complexity index is 1300. The van der Waals surface area contributed by atoms with Crippen molar-refractivity contribution < 1.29 is 9.47 Å². The van der Waals surface area contributed by atoms with E-state index in [-0.39, 0.29) is 0 Å². The van der Waals surface area contributed by atoms with Crippen LogP contribution in [0.4, 0.5) is 0 Å². The highest BCUT2D eigenvalue weighted by Gasteiger charge is 2.13. The monoisotopic (exact) mass is 473 g/mol. The van der Waals surface area contributed by atoms with Gasteiger partial charge >= 0.3 is 0 Å². The van der Waals surface area contributed by atoms with E-state index in [4.69, 9.17) is 9.47 Å². The van der Waals surface area contributed by atoms with Gasteiger partial charge in [0.25, 0.3) is 0 Å². The fraction of sp³-hybridized carbons (Fsp3) is 0.120. The van der Waals surface area contributed by atoms with Crippen molar-refractivity contribution in [2.24, 2.45) is 7.05 Å². The maximum absolute atomic E-state index is 9.77. The van der Waals surface area contributed by atoms with Crippen LogP contribution in [0, 0.1) is 11.3 Å². The molecular formula is C25H20BrN3O2. The molecule has 0 radical (unpaired) electrons. The Hall–Kier alpha value is -3.56. The third-order valence-corrected chi connectivity index (χ3v) is 5.48. The molecule has 0 unspecified atom stereocenters. The zero-order valence-corrected chi connectivity index (χ0v) is 18.8. The normalized spacial score (nSPS) is 11.4. The van der Waals surface area contributed by atoms with Gasteiger partial charge in [-0.1, -0.05) is 46.3 Å². The number of fused-ring (bicyclic) bond motifs is 1. The number of benzene rings is 3. The van der Waals surface area contributed by atoms with Gasteiger partial charge in [0.1, 0.15) is 12.7 Å². The van der Waals surface area contributed by atoms with Crippen LogP contribution in [0.5, 0.6) is 11.5 Å². The first kappa shape index (κ1) is 20.7. The topological polar surface area (TPSA) is 60.1 Å². The maximum atomic E-state index is 9.77. The summed E-state index contributed by atoms with van der Waals surface area (Å²) in [6.07, 6.45) is 1.81. The molecule has 4 rings (SSSR count).